The Bertz CT molecular complexity index is 105. The number of rotatable bonds is 2. The summed E-state index contributed by atoms with van der Waals surface area (Å²) in [5, 5.41) is 12.0. The van der Waals surface area contributed by atoms with Crippen LogP contribution in [0.4, 0.5) is 0 Å². The monoisotopic (exact) mass is 188 g/mol. The number of hydrogen-bond acceptors (Lipinski definition) is 2. The Kier molecular flexibility index (Phi) is 7.29. The predicted molar refractivity (Wildman–Crippen MR) is 55.8 cm³/mol. The van der Waals surface area contributed by atoms with Crippen LogP contribution in [0.3, 0.4) is 0 Å². The average Bonchev–Trinajstić information content (AvgIpc) is 2.21. The molecule has 0 bridgehead atoms. The van der Waals surface area contributed by atoms with Crippen molar-refractivity contribution in [3.8, 4) is 0 Å². The van der Waals surface area contributed by atoms with E-state index in [4.69, 9.17) is 10.5 Å². The summed E-state index contributed by atoms with van der Waals surface area (Å²) >= 11 is 0. The van der Waals surface area contributed by atoms with Crippen molar-refractivity contribution < 1.29 is 10.5 Å². The van der Waals surface area contributed by atoms with E-state index in [0.717, 1.165) is 17.8 Å². The molecule has 0 radical (unpaired) electrons. The molecule has 0 spiro atoms. The van der Waals surface area contributed by atoms with Crippen LogP contribution in [0.25, 0.3) is 0 Å². The van der Waals surface area contributed by atoms with Crippen LogP contribution in [0.2, 0.25) is 0 Å². The smallest absolute Gasteiger partial charge is 0.0391 e. The molecule has 0 aromatic rings. The van der Waals surface area contributed by atoms with Gasteiger partial charge in [0.1, 0.15) is 0 Å². The van der Waals surface area contributed by atoms with Gasteiger partial charge in [-0.15, -0.1) is 0 Å². The van der Waals surface area contributed by atoms with E-state index in [9.17, 15) is 0 Å². The average molecular weight is 188 g/mol. The first-order chi connectivity index (χ1) is 6.24. The molecule has 1 fully saturated rings. The first kappa shape index (κ1) is 12.9. The second-order valence-electron chi connectivity index (χ2n) is 4.43. The molecule has 2 N–H and O–H groups in total. The normalized spacial score (nSPS) is 28.2. The Hall–Kier alpha value is -0.0800. The molecule has 13 heavy (non-hydrogen) atoms. The van der Waals surface area contributed by atoms with Gasteiger partial charge in [0.2, 0.25) is 0 Å². The molecule has 1 saturated carbocycles. The Morgan fingerprint density at radius 1 is 1.08 bits per heavy atom. The van der Waals surface area contributed by atoms with Crippen molar-refractivity contribution in [3.05, 3.63) is 0 Å². The van der Waals surface area contributed by atoms with Crippen LogP contribution in [-0.4, -0.2) is 10.5 Å². The molecule has 0 atom stereocenters. The van der Waals surface area contributed by atoms with Gasteiger partial charge in [-0.1, -0.05) is 40.0 Å². The minimum Gasteiger partial charge on any atom is -0.255 e. The lowest BCUT2D eigenvalue weighted by atomic mass is 9.76. The van der Waals surface area contributed by atoms with Crippen LogP contribution >= 0.6 is 0 Å². The zero-order valence-electron chi connectivity index (χ0n) is 9.16. The van der Waals surface area contributed by atoms with E-state index in [1.54, 1.807) is 0 Å². The Morgan fingerprint density at radius 2 is 1.54 bits per heavy atom. The van der Waals surface area contributed by atoms with Gasteiger partial charge in [0.05, 0.1) is 0 Å². The quantitative estimate of drug-likeness (QED) is 0.510. The lowest BCUT2D eigenvalue weighted by molar-refractivity contribution is -0.176. The molecule has 1 aliphatic rings. The fourth-order valence-electron chi connectivity index (χ4n) is 2.26. The third kappa shape index (κ3) is 4.63. The topological polar surface area (TPSA) is 40.5 Å². The highest BCUT2D eigenvalue weighted by atomic mass is 17.0. The molecule has 1 rings (SSSR count). The first-order valence-corrected chi connectivity index (χ1v) is 5.44. The molecule has 0 aliphatic heterocycles. The molecule has 0 aromatic heterocycles. The van der Waals surface area contributed by atoms with Gasteiger partial charge in [-0.2, -0.15) is 0 Å². The Morgan fingerprint density at radius 3 is 1.85 bits per heavy atom. The second-order valence-corrected chi connectivity index (χ2v) is 4.43. The molecule has 0 amide bonds. The highest BCUT2D eigenvalue weighted by Gasteiger charge is 2.21. The Labute approximate surface area is 81.9 Å². The van der Waals surface area contributed by atoms with E-state index in [2.05, 4.69) is 20.8 Å². The van der Waals surface area contributed by atoms with Crippen molar-refractivity contribution in [2.75, 3.05) is 0 Å². The molecule has 2 heteroatoms. The summed E-state index contributed by atoms with van der Waals surface area (Å²) < 4.78 is 0. The van der Waals surface area contributed by atoms with Crippen LogP contribution in [0.5, 0.6) is 0 Å². The minimum atomic E-state index is 0.924. The van der Waals surface area contributed by atoms with Gasteiger partial charge in [-0.3, -0.25) is 10.5 Å². The standard InChI is InChI=1S/C11H22.H2O2/c1-4-10-5-7-11(8-6-10)9(2)3;1-2/h9-11H,4-8H2,1-3H3;1-2H. The zero-order valence-corrected chi connectivity index (χ0v) is 9.16. The van der Waals surface area contributed by atoms with Gasteiger partial charge in [-0.25, -0.2) is 0 Å². The second kappa shape index (κ2) is 7.34. The van der Waals surface area contributed by atoms with E-state index in [1.807, 2.05) is 0 Å². The van der Waals surface area contributed by atoms with Crippen molar-refractivity contribution in [2.45, 2.75) is 52.9 Å². The molecule has 0 aromatic carbocycles. The minimum absolute atomic E-state index is 0.924. The summed E-state index contributed by atoms with van der Waals surface area (Å²) in [6.07, 6.45) is 7.40. The van der Waals surface area contributed by atoms with Crippen LogP contribution in [0, 0.1) is 17.8 Å². The van der Waals surface area contributed by atoms with Crippen LogP contribution < -0.4 is 0 Å². The summed E-state index contributed by atoms with van der Waals surface area (Å²) in [6.45, 7) is 7.08. The highest BCUT2D eigenvalue weighted by Crippen LogP contribution is 2.34. The van der Waals surface area contributed by atoms with E-state index in [-0.39, 0.29) is 0 Å². The SMILES string of the molecule is CCC1CCC(C(C)C)CC1.OO. The summed E-state index contributed by atoms with van der Waals surface area (Å²) in [5.74, 6) is 3.02. The van der Waals surface area contributed by atoms with E-state index in [0.29, 0.717) is 0 Å². The van der Waals surface area contributed by atoms with Crippen LogP contribution in [0.1, 0.15) is 52.9 Å². The molecular formula is C11H24O2. The van der Waals surface area contributed by atoms with Gasteiger partial charge in [-0.05, 0) is 30.6 Å². The van der Waals surface area contributed by atoms with Crippen molar-refractivity contribution in [3.63, 3.8) is 0 Å². The molecule has 1 aliphatic carbocycles. The Balaban J connectivity index is 0.000000671. The third-order valence-corrected chi connectivity index (χ3v) is 3.41. The van der Waals surface area contributed by atoms with Gasteiger partial charge in [0.25, 0.3) is 0 Å². The van der Waals surface area contributed by atoms with E-state index in [1.165, 1.54) is 32.1 Å². The van der Waals surface area contributed by atoms with Crippen molar-refractivity contribution in [1.29, 1.82) is 0 Å². The molecule has 0 saturated heterocycles. The maximum atomic E-state index is 6.00. The molecule has 0 heterocycles. The first-order valence-electron chi connectivity index (χ1n) is 5.44. The fourth-order valence-corrected chi connectivity index (χ4v) is 2.26. The van der Waals surface area contributed by atoms with Gasteiger partial charge in [0, 0.05) is 0 Å². The summed E-state index contributed by atoms with van der Waals surface area (Å²) in [6, 6.07) is 0. The number of hydrogen-bond donors (Lipinski definition) is 2. The van der Waals surface area contributed by atoms with Crippen LogP contribution in [-0.2, 0) is 0 Å². The molecule has 80 valence electrons. The van der Waals surface area contributed by atoms with Crippen molar-refractivity contribution in [1.82, 2.24) is 0 Å². The van der Waals surface area contributed by atoms with Gasteiger partial charge in [0.15, 0.2) is 0 Å². The van der Waals surface area contributed by atoms with Crippen molar-refractivity contribution in [2.24, 2.45) is 17.8 Å². The summed E-state index contributed by atoms with van der Waals surface area (Å²) in [4.78, 5) is 0. The van der Waals surface area contributed by atoms with E-state index >= 15 is 0 Å². The summed E-state index contributed by atoms with van der Waals surface area (Å²) in [7, 11) is 0. The largest absolute Gasteiger partial charge is 0.255 e. The lowest BCUT2D eigenvalue weighted by Crippen LogP contribution is -2.17. The third-order valence-electron chi connectivity index (χ3n) is 3.41. The highest BCUT2D eigenvalue weighted by molar-refractivity contribution is 4.73. The van der Waals surface area contributed by atoms with Gasteiger partial charge < -0.3 is 0 Å². The van der Waals surface area contributed by atoms with Crippen molar-refractivity contribution >= 4 is 0 Å². The molecule has 2 nitrogen and oxygen atoms in total. The zero-order chi connectivity index (χ0) is 10.3. The maximum Gasteiger partial charge on any atom is -0.0391 e. The fraction of sp³-hybridized carbons (Fsp3) is 1.00. The van der Waals surface area contributed by atoms with Gasteiger partial charge >= 0.3 is 0 Å². The lowest BCUT2D eigenvalue weighted by Gasteiger charge is -2.30. The maximum absolute atomic E-state index is 6.00. The predicted octanol–water partition coefficient (Wildman–Crippen LogP) is 3.88. The summed E-state index contributed by atoms with van der Waals surface area (Å²) in [5.41, 5.74) is 0. The van der Waals surface area contributed by atoms with E-state index < -0.39 is 0 Å². The van der Waals surface area contributed by atoms with Crippen LogP contribution in [0.15, 0.2) is 0 Å². The molecule has 0 unspecified atom stereocenters. The molecular weight excluding hydrogens is 164 g/mol.